The smallest absolute Gasteiger partial charge is 0.311 e. The van der Waals surface area contributed by atoms with E-state index in [1.54, 1.807) is 0 Å². The Hall–Kier alpha value is -1.47. The summed E-state index contributed by atoms with van der Waals surface area (Å²) in [5.74, 6) is -1.82. The maximum absolute atomic E-state index is 11.8. The quantitative estimate of drug-likeness (QED) is 0.816. The molecule has 0 aromatic carbocycles. The van der Waals surface area contributed by atoms with E-state index in [4.69, 9.17) is 9.84 Å². The number of carboxylic acid groups (broad SMARTS) is 1. The second kappa shape index (κ2) is 5.45. The van der Waals surface area contributed by atoms with Crippen LogP contribution in [0.5, 0.6) is 0 Å². The Kier molecular flexibility index (Phi) is 3.93. The Morgan fingerprint density at radius 2 is 2.39 bits per heavy atom. The number of carbonyl (C=O) groups excluding carboxylic acids is 1. The summed E-state index contributed by atoms with van der Waals surface area (Å²) in [5, 5.41) is 14.4. The second-order valence-corrected chi connectivity index (χ2v) is 5.25. The fourth-order valence-corrected chi connectivity index (χ4v) is 2.46. The van der Waals surface area contributed by atoms with Crippen LogP contribution in [0.2, 0.25) is 0 Å². The molecule has 98 valence electrons. The molecule has 1 aromatic rings. The number of nitrogens with one attached hydrogen (secondary N) is 1. The van der Waals surface area contributed by atoms with Gasteiger partial charge in [0.25, 0.3) is 0 Å². The molecule has 1 fully saturated rings. The van der Waals surface area contributed by atoms with Crippen molar-refractivity contribution in [2.75, 3.05) is 13.2 Å². The van der Waals surface area contributed by atoms with Crippen molar-refractivity contribution in [3.8, 4) is 0 Å². The lowest BCUT2D eigenvalue weighted by Gasteiger charge is -2.15. The zero-order valence-electron chi connectivity index (χ0n) is 9.88. The van der Waals surface area contributed by atoms with Crippen molar-refractivity contribution in [1.82, 2.24) is 10.3 Å². The molecular formula is C11H14N2O4S. The van der Waals surface area contributed by atoms with Gasteiger partial charge in [0.1, 0.15) is 5.92 Å². The van der Waals surface area contributed by atoms with Gasteiger partial charge in [0.15, 0.2) is 0 Å². The molecule has 0 bridgehead atoms. The zero-order valence-corrected chi connectivity index (χ0v) is 10.7. The van der Waals surface area contributed by atoms with Crippen LogP contribution in [0, 0.1) is 12.8 Å². The standard InChI is InChI=1S/C11H14N2O4S/c1-6-12-7(5-18-6)2-10(14)13-9-4-17-3-8(9)11(15)16/h5,8-9H,2-4H2,1H3,(H,13,14)(H,15,16). The van der Waals surface area contributed by atoms with Crippen LogP contribution in [0.4, 0.5) is 0 Å². The highest BCUT2D eigenvalue weighted by molar-refractivity contribution is 7.09. The van der Waals surface area contributed by atoms with Gasteiger partial charge in [-0.1, -0.05) is 0 Å². The highest BCUT2D eigenvalue weighted by Gasteiger charge is 2.34. The molecule has 2 unspecified atom stereocenters. The van der Waals surface area contributed by atoms with Crippen LogP contribution in [0.1, 0.15) is 10.7 Å². The van der Waals surface area contributed by atoms with Crippen LogP contribution < -0.4 is 5.32 Å². The molecule has 6 nitrogen and oxygen atoms in total. The van der Waals surface area contributed by atoms with Crippen molar-refractivity contribution >= 4 is 23.2 Å². The lowest BCUT2D eigenvalue weighted by molar-refractivity contribution is -0.142. The minimum atomic E-state index is -0.942. The first-order valence-electron chi connectivity index (χ1n) is 5.57. The molecule has 1 aliphatic heterocycles. The summed E-state index contributed by atoms with van der Waals surface area (Å²) in [4.78, 5) is 26.9. The Balaban J connectivity index is 1.89. The molecule has 7 heteroatoms. The third-order valence-electron chi connectivity index (χ3n) is 2.75. The highest BCUT2D eigenvalue weighted by atomic mass is 32.1. The number of hydrogen-bond acceptors (Lipinski definition) is 5. The van der Waals surface area contributed by atoms with Crippen molar-refractivity contribution < 1.29 is 19.4 Å². The molecule has 2 N–H and O–H groups in total. The Bertz CT molecular complexity index is 460. The molecule has 0 aliphatic carbocycles. The summed E-state index contributed by atoms with van der Waals surface area (Å²) in [5.41, 5.74) is 0.709. The van der Waals surface area contributed by atoms with Gasteiger partial charge in [0.2, 0.25) is 5.91 Å². The van der Waals surface area contributed by atoms with Gasteiger partial charge in [-0.2, -0.15) is 0 Å². The number of carbonyl (C=O) groups is 2. The van der Waals surface area contributed by atoms with Crippen LogP contribution in [-0.4, -0.2) is 41.2 Å². The number of rotatable bonds is 4. The van der Waals surface area contributed by atoms with E-state index in [1.807, 2.05) is 12.3 Å². The molecule has 0 radical (unpaired) electrons. The first-order valence-corrected chi connectivity index (χ1v) is 6.45. The van der Waals surface area contributed by atoms with E-state index in [-0.39, 0.29) is 25.5 Å². The van der Waals surface area contributed by atoms with Crippen molar-refractivity contribution in [2.45, 2.75) is 19.4 Å². The number of aromatic nitrogens is 1. The monoisotopic (exact) mass is 270 g/mol. The van der Waals surface area contributed by atoms with E-state index in [0.29, 0.717) is 5.69 Å². The van der Waals surface area contributed by atoms with Gasteiger partial charge in [-0.25, -0.2) is 4.98 Å². The maximum Gasteiger partial charge on any atom is 0.311 e. The van der Waals surface area contributed by atoms with E-state index in [2.05, 4.69) is 10.3 Å². The van der Waals surface area contributed by atoms with Crippen LogP contribution in [-0.2, 0) is 20.7 Å². The minimum Gasteiger partial charge on any atom is -0.481 e. The summed E-state index contributed by atoms with van der Waals surface area (Å²) in [6, 6.07) is -0.449. The molecule has 1 aliphatic rings. The average Bonchev–Trinajstić information content (AvgIpc) is 2.87. The molecule has 1 aromatic heterocycles. The van der Waals surface area contributed by atoms with Gasteiger partial charge >= 0.3 is 5.97 Å². The molecular weight excluding hydrogens is 256 g/mol. The highest BCUT2D eigenvalue weighted by Crippen LogP contribution is 2.14. The maximum atomic E-state index is 11.8. The number of aliphatic carboxylic acids is 1. The Labute approximate surface area is 108 Å². The number of ether oxygens (including phenoxy) is 1. The topological polar surface area (TPSA) is 88.5 Å². The van der Waals surface area contributed by atoms with Crippen LogP contribution >= 0.6 is 11.3 Å². The Morgan fingerprint density at radius 1 is 1.61 bits per heavy atom. The van der Waals surface area contributed by atoms with E-state index in [1.165, 1.54) is 11.3 Å². The number of nitrogens with zero attached hydrogens (tertiary/aromatic N) is 1. The van der Waals surface area contributed by atoms with Crippen molar-refractivity contribution in [3.63, 3.8) is 0 Å². The molecule has 0 spiro atoms. The lowest BCUT2D eigenvalue weighted by Crippen LogP contribution is -2.43. The molecule has 18 heavy (non-hydrogen) atoms. The number of amides is 1. The predicted molar refractivity (Wildman–Crippen MR) is 64.4 cm³/mol. The largest absolute Gasteiger partial charge is 0.481 e. The van der Waals surface area contributed by atoms with Crippen molar-refractivity contribution in [1.29, 1.82) is 0 Å². The fraction of sp³-hybridized carbons (Fsp3) is 0.545. The Morgan fingerprint density at radius 3 is 3.00 bits per heavy atom. The summed E-state index contributed by atoms with van der Waals surface area (Å²) >= 11 is 1.48. The minimum absolute atomic E-state index is 0.149. The van der Waals surface area contributed by atoms with Crippen molar-refractivity contribution in [2.24, 2.45) is 5.92 Å². The van der Waals surface area contributed by atoms with Crippen LogP contribution in [0.3, 0.4) is 0 Å². The number of hydrogen-bond donors (Lipinski definition) is 2. The normalized spacial score (nSPS) is 22.9. The first-order chi connectivity index (χ1) is 8.56. The summed E-state index contributed by atoms with van der Waals surface area (Å²) < 4.78 is 5.08. The fourth-order valence-electron chi connectivity index (χ4n) is 1.85. The van der Waals surface area contributed by atoms with E-state index < -0.39 is 17.9 Å². The number of aryl methyl sites for hydroxylation is 1. The van der Waals surface area contributed by atoms with Gasteiger partial charge in [-0.15, -0.1) is 11.3 Å². The third kappa shape index (κ3) is 3.05. The SMILES string of the molecule is Cc1nc(CC(=O)NC2COCC2C(=O)O)cs1. The van der Waals surface area contributed by atoms with Gasteiger partial charge in [-0.3, -0.25) is 9.59 Å². The number of thiazole rings is 1. The summed E-state index contributed by atoms with van der Waals surface area (Å²) in [7, 11) is 0. The molecule has 1 saturated heterocycles. The van der Waals surface area contributed by atoms with Gasteiger partial charge in [0.05, 0.1) is 36.4 Å². The second-order valence-electron chi connectivity index (χ2n) is 4.19. The average molecular weight is 270 g/mol. The van der Waals surface area contributed by atoms with Gasteiger partial charge < -0.3 is 15.2 Å². The molecule has 2 atom stereocenters. The van der Waals surface area contributed by atoms with E-state index in [0.717, 1.165) is 5.01 Å². The third-order valence-corrected chi connectivity index (χ3v) is 3.57. The number of carboxylic acids is 1. The molecule has 2 rings (SSSR count). The van der Waals surface area contributed by atoms with Crippen molar-refractivity contribution in [3.05, 3.63) is 16.1 Å². The van der Waals surface area contributed by atoms with Crippen LogP contribution in [0.15, 0.2) is 5.38 Å². The van der Waals surface area contributed by atoms with Gasteiger partial charge in [-0.05, 0) is 6.92 Å². The molecule has 2 heterocycles. The zero-order chi connectivity index (χ0) is 13.1. The predicted octanol–water partition coefficient (Wildman–Crippen LogP) is 0.210. The van der Waals surface area contributed by atoms with E-state index in [9.17, 15) is 9.59 Å². The molecule has 0 saturated carbocycles. The summed E-state index contributed by atoms with van der Waals surface area (Å²) in [6.07, 6.45) is 0.174. The lowest BCUT2D eigenvalue weighted by atomic mass is 10.0. The molecule has 1 amide bonds. The van der Waals surface area contributed by atoms with Crippen LogP contribution in [0.25, 0.3) is 0 Å². The first kappa shape index (κ1) is 13.0. The summed E-state index contributed by atoms with van der Waals surface area (Å²) in [6.45, 7) is 2.27. The van der Waals surface area contributed by atoms with Gasteiger partial charge in [0, 0.05) is 5.38 Å². The van der Waals surface area contributed by atoms with E-state index >= 15 is 0 Å².